The van der Waals surface area contributed by atoms with Crippen molar-refractivity contribution in [3.63, 3.8) is 0 Å². The lowest BCUT2D eigenvalue weighted by molar-refractivity contribution is 0.327. The minimum atomic E-state index is 0.631. The highest BCUT2D eigenvalue weighted by molar-refractivity contribution is 5.55. The van der Waals surface area contributed by atoms with Crippen LogP contribution in [0.15, 0.2) is 36.4 Å². The van der Waals surface area contributed by atoms with E-state index in [2.05, 4.69) is 16.0 Å². The zero-order chi connectivity index (χ0) is 13.9. The number of fused-ring (bicyclic) bond motifs is 1. The first-order valence-electron chi connectivity index (χ1n) is 6.99. The third-order valence-corrected chi connectivity index (χ3v) is 3.63. The summed E-state index contributed by atoms with van der Waals surface area (Å²) in [7, 11) is 0. The van der Waals surface area contributed by atoms with Crippen molar-refractivity contribution in [1.82, 2.24) is 4.98 Å². The number of aromatic nitrogens is 1. The number of nitrogen functional groups attached to an aromatic ring is 1. The minimum Gasteiger partial charge on any atom is -0.478 e. The van der Waals surface area contributed by atoms with Crippen LogP contribution < -0.4 is 15.4 Å². The summed E-state index contributed by atoms with van der Waals surface area (Å²) in [6.45, 7) is 4.36. The molecule has 0 aliphatic carbocycles. The molecule has 0 saturated heterocycles. The van der Waals surface area contributed by atoms with Crippen LogP contribution in [0.2, 0.25) is 0 Å². The second-order valence-corrected chi connectivity index (χ2v) is 4.92. The van der Waals surface area contributed by atoms with Crippen LogP contribution in [0.4, 0.5) is 11.5 Å². The smallest absolute Gasteiger partial charge is 0.215 e. The van der Waals surface area contributed by atoms with Crippen LogP contribution in [0.25, 0.3) is 0 Å². The van der Waals surface area contributed by atoms with Gasteiger partial charge in [-0.05, 0) is 36.6 Å². The van der Waals surface area contributed by atoms with E-state index in [9.17, 15) is 0 Å². The van der Waals surface area contributed by atoms with E-state index in [4.69, 9.17) is 10.5 Å². The number of rotatable bonds is 3. The fraction of sp³-hybridized carbons (Fsp3) is 0.312. The Morgan fingerprint density at radius 2 is 2.10 bits per heavy atom. The van der Waals surface area contributed by atoms with Crippen LogP contribution in [0.3, 0.4) is 0 Å². The highest BCUT2D eigenvalue weighted by Crippen LogP contribution is 2.27. The summed E-state index contributed by atoms with van der Waals surface area (Å²) in [5.74, 6) is 1.63. The first-order valence-corrected chi connectivity index (χ1v) is 6.99. The van der Waals surface area contributed by atoms with E-state index in [1.165, 1.54) is 11.1 Å². The Morgan fingerprint density at radius 1 is 1.25 bits per heavy atom. The van der Waals surface area contributed by atoms with Gasteiger partial charge >= 0.3 is 0 Å². The van der Waals surface area contributed by atoms with E-state index >= 15 is 0 Å². The van der Waals surface area contributed by atoms with Gasteiger partial charge in [-0.15, -0.1) is 0 Å². The van der Waals surface area contributed by atoms with Gasteiger partial charge in [0.05, 0.1) is 6.61 Å². The second kappa shape index (κ2) is 5.41. The molecule has 3 rings (SSSR count). The van der Waals surface area contributed by atoms with Gasteiger partial charge in [-0.1, -0.05) is 18.2 Å². The molecule has 0 radical (unpaired) electrons. The molecular weight excluding hydrogens is 250 g/mol. The molecule has 104 valence electrons. The Kier molecular flexibility index (Phi) is 3.46. The van der Waals surface area contributed by atoms with Crippen molar-refractivity contribution >= 4 is 11.5 Å². The molecule has 0 unspecified atom stereocenters. The number of hydrogen-bond donors (Lipinski definition) is 1. The average molecular weight is 269 g/mol. The van der Waals surface area contributed by atoms with Gasteiger partial charge in [-0.3, -0.25) is 0 Å². The van der Waals surface area contributed by atoms with E-state index in [1.54, 1.807) is 0 Å². The van der Waals surface area contributed by atoms with Gasteiger partial charge in [0.2, 0.25) is 5.88 Å². The first kappa shape index (κ1) is 12.8. The van der Waals surface area contributed by atoms with Crippen molar-refractivity contribution < 1.29 is 4.74 Å². The molecule has 0 bridgehead atoms. The van der Waals surface area contributed by atoms with Gasteiger partial charge in [-0.25, -0.2) is 0 Å². The highest BCUT2D eigenvalue weighted by Gasteiger charge is 2.19. The molecule has 2 aromatic rings. The fourth-order valence-electron chi connectivity index (χ4n) is 2.61. The molecule has 0 fully saturated rings. The van der Waals surface area contributed by atoms with Crippen LogP contribution in [0, 0.1) is 0 Å². The van der Waals surface area contributed by atoms with Gasteiger partial charge < -0.3 is 15.4 Å². The summed E-state index contributed by atoms with van der Waals surface area (Å²) in [5, 5.41) is 0. The molecule has 0 amide bonds. The number of ether oxygens (including phenoxy) is 1. The Balaban J connectivity index is 1.86. The molecule has 2 N–H and O–H groups in total. The normalized spacial score (nSPS) is 13.9. The van der Waals surface area contributed by atoms with E-state index in [1.807, 2.05) is 37.3 Å². The summed E-state index contributed by atoms with van der Waals surface area (Å²) < 4.78 is 5.47. The van der Waals surface area contributed by atoms with Gasteiger partial charge in [0, 0.05) is 24.8 Å². The third kappa shape index (κ3) is 2.41. The lowest BCUT2D eigenvalue weighted by Gasteiger charge is -2.30. The van der Waals surface area contributed by atoms with Crippen molar-refractivity contribution in [3.05, 3.63) is 47.5 Å². The summed E-state index contributed by atoms with van der Waals surface area (Å²) in [6.07, 6.45) is 1.00. The lowest BCUT2D eigenvalue weighted by atomic mass is 9.98. The van der Waals surface area contributed by atoms with Crippen LogP contribution in [-0.2, 0) is 13.0 Å². The summed E-state index contributed by atoms with van der Waals surface area (Å²) in [5.41, 5.74) is 9.53. The molecule has 2 heterocycles. The number of pyridine rings is 1. The van der Waals surface area contributed by atoms with Gasteiger partial charge in [0.25, 0.3) is 0 Å². The zero-order valence-corrected chi connectivity index (χ0v) is 11.7. The summed E-state index contributed by atoms with van der Waals surface area (Å²) in [6, 6.07) is 12.0. The van der Waals surface area contributed by atoms with Crippen molar-refractivity contribution in [3.8, 4) is 5.88 Å². The van der Waals surface area contributed by atoms with Crippen LogP contribution in [0.5, 0.6) is 5.88 Å². The van der Waals surface area contributed by atoms with Crippen molar-refractivity contribution in [2.75, 3.05) is 23.8 Å². The number of nitrogens with zero attached hydrogens (tertiary/aromatic N) is 2. The number of hydrogen-bond acceptors (Lipinski definition) is 4. The molecule has 1 aliphatic heterocycles. The Labute approximate surface area is 119 Å². The number of benzene rings is 1. The van der Waals surface area contributed by atoms with E-state index < -0.39 is 0 Å². The maximum Gasteiger partial charge on any atom is 0.215 e. The molecule has 1 aromatic carbocycles. The monoisotopic (exact) mass is 269 g/mol. The van der Waals surface area contributed by atoms with E-state index in [0.717, 1.165) is 31.0 Å². The molecule has 0 atom stereocenters. The molecule has 1 aliphatic rings. The van der Waals surface area contributed by atoms with Crippen molar-refractivity contribution in [2.45, 2.75) is 19.9 Å². The summed E-state index contributed by atoms with van der Waals surface area (Å²) >= 11 is 0. The Bertz CT molecular complexity index is 612. The maximum atomic E-state index is 6.09. The molecule has 4 nitrogen and oxygen atoms in total. The van der Waals surface area contributed by atoms with Crippen molar-refractivity contribution in [1.29, 1.82) is 0 Å². The third-order valence-electron chi connectivity index (χ3n) is 3.63. The topological polar surface area (TPSA) is 51.4 Å². The number of anilines is 2. The zero-order valence-electron chi connectivity index (χ0n) is 11.7. The predicted octanol–water partition coefficient (Wildman–Crippen LogP) is 2.63. The number of nitrogens with two attached hydrogens (primary N) is 1. The van der Waals surface area contributed by atoms with E-state index in [-0.39, 0.29) is 0 Å². The van der Waals surface area contributed by atoms with Gasteiger partial charge in [0.1, 0.15) is 5.82 Å². The SMILES string of the molecule is CCOc1cccc(N2CCc3cccc(N)c3C2)n1. The molecule has 1 aromatic heterocycles. The maximum absolute atomic E-state index is 6.09. The highest BCUT2D eigenvalue weighted by atomic mass is 16.5. The molecular formula is C16H19N3O. The predicted molar refractivity (Wildman–Crippen MR) is 81.0 cm³/mol. The quantitative estimate of drug-likeness (QED) is 0.870. The average Bonchev–Trinajstić information content (AvgIpc) is 2.48. The largest absolute Gasteiger partial charge is 0.478 e. The van der Waals surface area contributed by atoms with Crippen LogP contribution in [0.1, 0.15) is 18.1 Å². The molecule has 4 heteroatoms. The fourth-order valence-corrected chi connectivity index (χ4v) is 2.61. The molecule has 0 spiro atoms. The van der Waals surface area contributed by atoms with E-state index in [0.29, 0.717) is 12.5 Å². The summed E-state index contributed by atoms with van der Waals surface area (Å²) in [4.78, 5) is 6.80. The van der Waals surface area contributed by atoms with Crippen molar-refractivity contribution in [2.24, 2.45) is 0 Å². The lowest BCUT2D eigenvalue weighted by Crippen LogP contribution is -2.31. The molecule has 0 saturated carbocycles. The van der Waals surface area contributed by atoms with Gasteiger partial charge in [0.15, 0.2) is 0 Å². The second-order valence-electron chi connectivity index (χ2n) is 4.92. The first-order chi connectivity index (χ1) is 9.78. The van der Waals surface area contributed by atoms with Crippen LogP contribution in [-0.4, -0.2) is 18.1 Å². The Hall–Kier alpha value is -2.23. The Morgan fingerprint density at radius 3 is 2.95 bits per heavy atom. The van der Waals surface area contributed by atoms with Gasteiger partial charge in [-0.2, -0.15) is 4.98 Å². The standard InChI is InChI=1S/C16H19N3O/c1-2-20-16-8-4-7-15(18-16)19-10-9-12-5-3-6-14(17)13(12)11-19/h3-8H,2,9-11,17H2,1H3. The molecule has 20 heavy (non-hydrogen) atoms. The minimum absolute atomic E-state index is 0.631. The van der Waals surface area contributed by atoms with Crippen LogP contribution >= 0.6 is 0 Å².